The van der Waals surface area contributed by atoms with Gasteiger partial charge in [0.1, 0.15) is 17.5 Å². The van der Waals surface area contributed by atoms with Crippen LogP contribution in [0, 0.1) is 11.3 Å². The Morgan fingerprint density at radius 1 is 1.44 bits per heavy atom. The van der Waals surface area contributed by atoms with Gasteiger partial charge in [-0.05, 0) is 34.6 Å². The van der Waals surface area contributed by atoms with Gasteiger partial charge in [0.25, 0.3) is 0 Å². The molecular formula is C11H19N5. The zero-order valence-electron chi connectivity index (χ0n) is 10.5. The molecule has 88 valence electrons. The minimum atomic E-state index is -0.230. The van der Waals surface area contributed by atoms with E-state index >= 15 is 0 Å². The van der Waals surface area contributed by atoms with Gasteiger partial charge in [0, 0.05) is 6.04 Å². The van der Waals surface area contributed by atoms with Crippen LogP contribution in [-0.2, 0) is 5.54 Å². The molecule has 3 N–H and O–H groups in total. The fourth-order valence-corrected chi connectivity index (χ4v) is 1.43. The molecule has 0 radical (unpaired) electrons. The van der Waals surface area contributed by atoms with Gasteiger partial charge in [0.2, 0.25) is 0 Å². The van der Waals surface area contributed by atoms with Crippen LogP contribution in [0.3, 0.4) is 0 Å². The highest BCUT2D eigenvalue weighted by atomic mass is 15.4. The predicted molar refractivity (Wildman–Crippen MR) is 65.1 cm³/mol. The van der Waals surface area contributed by atoms with Crippen LogP contribution < -0.4 is 11.1 Å². The van der Waals surface area contributed by atoms with E-state index in [0.29, 0.717) is 17.2 Å². The fourth-order valence-electron chi connectivity index (χ4n) is 1.43. The van der Waals surface area contributed by atoms with Crippen LogP contribution in [0.25, 0.3) is 0 Å². The van der Waals surface area contributed by atoms with Crippen molar-refractivity contribution < 1.29 is 0 Å². The summed E-state index contributed by atoms with van der Waals surface area (Å²) in [5.41, 5.74) is 6.10. The van der Waals surface area contributed by atoms with E-state index in [1.807, 2.05) is 34.6 Å². The van der Waals surface area contributed by atoms with E-state index in [1.54, 1.807) is 4.68 Å². The van der Waals surface area contributed by atoms with Gasteiger partial charge in [-0.1, -0.05) is 0 Å². The number of hydrogen-bond donors (Lipinski definition) is 2. The standard InChI is InChI=1S/C11H19N5/c1-7(2)14-10-8(6-12)9(13)16(15-10)11(3,4)5/h7H,13H2,1-5H3,(H,14,15). The van der Waals surface area contributed by atoms with Crippen LogP contribution in [0.4, 0.5) is 11.6 Å². The molecule has 0 aliphatic heterocycles. The molecule has 0 amide bonds. The van der Waals surface area contributed by atoms with Gasteiger partial charge in [0.05, 0.1) is 5.54 Å². The normalized spacial score (nSPS) is 11.6. The van der Waals surface area contributed by atoms with E-state index in [-0.39, 0.29) is 11.6 Å². The van der Waals surface area contributed by atoms with E-state index in [2.05, 4.69) is 16.5 Å². The van der Waals surface area contributed by atoms with E-state index < -0.39 is 0 Å². The lowest BCUT2D eigenvalue weighted by Gasteiger charge is -2.20. The number of aromatic nitrogens is 2. The molecule has 1 aromatic heterocycles. The Bertz CT molecular complexity index is 417. The summed E-state index contributed by atoms with van der Waals surface area (Å²) in [6.45, 7) is 9.98. The highest BCUT2D eigenvalue weighted by molar-refractivity contribution is 5.64. The minimum Gasteiger partial charge on any atom is -0.383 e. The van der Waals surface area contributed by atoms with Gasteiger partial charge in [-0.15, -0.1) is 0 Å². The summed E-state index contributed by atoms with van der Waals surface area (Å²) in [5.74, 6) is 0.975. The SMILES string of the molecule is CC(C)Nc1nn(C(C)(C)C)c(N)c1C#N. The van der Waals surface area contributed by atoms with Crippen molar-refractivity contribution in [2.75, 3.05) is 11.1 Å². The van der Waals surface area contributed by atoms with Crippen molar-refractivity contribution in [2.24, 2.45) is 0 Å². The van der Waals surface area contributed by atoms with E-state index in [1.165, 1.54) is 0 Å². The van der Waals surface area contributed by atoms with Crippen molar-refractivity contribution >= 4 is 11.6 Å². The molecule has 0 spiro atoms. The van der Waals surface area contributed by atoms with Crippen LogP contribution in [0.2, 0.25) is 0 Å². The summed E-state index contributed by atoms with van der Waals surface area (Å²) in [6.07, 6.45) is 0. The maximum atomic E-state index is 9.07. The first-order valence-corrected chi connectivity index (χ1v) is 5.33. The Hall–Kier alpha value is -1.70. The molecule has 0 unspecified atom stereocenters. The third-order valence-corrected chi connectivity index (χ3v) is 2.09. The third kappa shape index (κ3) is 2.27. The van der Waals surface area contributed by atoms with Crippen LogP contribution >= 0.6 is 0 Å². The van der Waals surface area contributed by atoms with Crippen molar-refractivity contribution in [3.8, 4) is 6.07 Å². The fraction of sp³-hybridized carbons (Fsp3) is 0.636. The van der Waals surface area contributed by atoms with Gasteiger partial charge >= 0.3 is 0 Å². The molecule has 0 aliphatic rings. The van der Waals surface area contributed by atoms with Gasteiger partial charge in [-0.2, -0.15) is 10.4 Å². The Labute approximate surface area is 96.2 Å². The quantitative estimate of drug-likeness (QED) is 0.799. The topological polar surface area (TPSA) is 79.7 Å². The zero-order valence-corrected chi connectivity index (χ0v) is 10.5. The Kier molecular flexibility index (Phi) is 3.13. The lowest BCUT2D eigenvalue weighted by molar-refractivity contribution is 0.362. The number of nitrogens with two attached hydrogens (primary N) is 1. The molecule has 0 saturated heterocycles. The van der Waals surface area contributed by atoms with Crippen molar-refractivity contribution in [1.29, 1.82) is 5.26 Å². The summed E-state index contributed by atoms with van der Waals surface area (Å²) in [5, 5.41) is 16.5. The summed E-state index contributed by atoms with van der Waals surface area (Å²) in [6, 6.07) is 2.31. The molecule has 0 fully saturated rings. The second-order valence-electron chi connectivity index (χ2n) is 5.10. The lowest BCUT2D eigenvalue weighted by atomic mass is 10.1. The second kappa shape index (κ2) is 4.05. The zero-order chi connectivity index (χ0) is 12.5. The number of nitriles is 1. The van der Waals surface area contributed by atoms with Gasteiger partial charge in [-0.3, -0.25) is 0 Å². The van der Waals surface area contributed by atoms with Crippen molar-refractivity contribution in [1.82, 2.24) is 9.78 Å². The summed E-state index contributed by atoms with van der Waals surface area (Å²) in [4.78, 5) is 0. The largest absolute Gasteiger partial charge is 0.383 e. The van der Waals surface area contributed by atoms with Gasteiger partial charge in [-0.25, -0.2) is 4.68 Å². The average Bonchev–Trinajstić information content (AvgIpc) is 2.40. The molecule has 0 aromatic carbocycles. The summed E-state index contributed by atoms with van der Waals surface area (Å²) in [7, 11) is 0. The number of rotatable bonds is 2. The van der Waals surface area contributed by atoms with E-state index in [4.69, 9.17) is 11.0 Å². The summed E-state index contributed by atoms with van der Waals surface area (Å²) < 4.78 is 1.68. The number of nitrogen functional groups attached to an aromatic ring is 1. The molecule has 0 saturated carbocycles. The molecule has 0 atom stereocenters. The highest BCUT2D eigenvalue weighted by Crippen LogP contribution is 2.26. The molecular weight excluding hydrogens is 202 g/mol. The van der Waals surface area contributed by atoms with Crippen LogP contribution in [-0.4, -0.2) is 15.8 Å². The number of hydrogen-bond acceptors (Lipinski definition) is 4. The lowest BCUT2D eigenvalue weighted by Crippen LogP contribution is -2.25. The summed E-state index contributed by atoms with van der Waals surface area (Å²) >= 11 is 0. The smallest absolute Gasteiger partial charge is 0.168 e. The maximum Gasteiger partial charge on any atom is 0.168 e. The first kappa shape index (κ1) is 12.4. The second-order valence-corrected chi connectivity index (χ2v) is 5.10. The molecule has 16 heavy (non-hydrogen) atoms. The van der Waals surface area contributed by atoms with Crippen LogP contribution in [0.5, 0.6) is 0 Å². The molecule has 0 bridgehead atoms. The maximum absolute atomic E-state index is 9.07. The first-order chi connectivity index (χ1) is 7.27. The number of anilines is 2. The third-order valence-electron chi connectivity index (χ3n) is 2.09. The molecule has 1 rings (SSSR count). The van der Waals surface area contributed by atoms with Crippen LogP contribution in [0.1, 0.15) is 40.2 Å². The van der Waals surface area contributed by atoms with Crippen LogP contribution in [0.15, 0.2) is 0 Å². The van der Waals surface area contributed by atoms with Crippen molar-refractivity contribution in [3.63, 3.8) is 0 Å². The number of nitrogens with zero attached hydrogens (tertiary/aromatic N) is 3. The number of nitrogens with one attached hydrogen (secondary N) is 1. The van der Waals surface area contributed by atoms with E-state index in [0.717, 1.165) is 0 Å². The van der Waals surface area contributed by atoms with Crippen molar-refractivity contribution in [2.45, 2.75) is 46.2 Å². The van der Waals surface area contributed by atoms with Gasteiger partial charge in [0.15, 0.2) is 5.82 Å². The molecule has 1 aromatic rings. The monoisotopic (exact) mass is 221 g/mol. The van der Waals surface area contributed by atoms with Crippen molar-refractivity contribution in [3.05, 3.63) is 5.56 Å². The molecule has 5 heteroatoms. The van der Waals surface area contributed by atoms with E-state index in [9.17, 15) is 0 Å². The van der Waals surface area contributed by atoms with Gasteiger partial charge < -0.3 is 11.1 Å². The minimum absolute atomic E-state index is 0.217. The average molecular weight is 221 g/mol. The Morgan fingerprint density at radius 2 is 2.00 bits per heavy atom. The molecule has 1 heterocycles. The molecule has 0 aliphatic carbocycles. The Morgan fingerprint density at radius 3 is 2.38 bits per heavy atom. The molecule has 5 nitrogen and oxygen atoms in total. The predicted octanol–water partition coefficient (Wildman–Crippen LogP) is 1.91. The Balaban J connectivity index is 3.27. The highest BCUT2D eigenvalue weighted by Gasteiger charge is 2.23. The first-order valence-electron chi connectivity index (χ1n) is 5.33.